The number of ketones is 1. The van der Waals surface area contributed by atoms with Gasteiger partial charge >= 0.3 is 12.2 Å². The van der Waals surface area contributed by atoms with Gasteiger partial charge in [0.15, 0.2) is 5.78 Å². The maximum absolute atomic E-state index is 15.4. The molecule has 74 heavy (non-hydrogen) atoms. The number of allylic oxidation sites excluding steroid dienone is 1. The Balaban J connectivity index is 1.38. The first-order valence-electron chi connectivity index (χ1n) is 25.3. The van der Waals surface area contributed by atoms with E-state index in [2.05, 4.69) is 26.3 Å². The predicted molar refractivity (Wildman–Crippen MR) is 284 cm³/mol. The van der Waals surface area contributed by atoms with Crippen LogP contribution in [0.4, 0.5) is 9.59 Å². The highest BCUT2D eigenvalue weighted by Gasteiger charge is 2.47. The molecular weight excluding hydrogens is 941 g/mol. The molecule has 4 aromatic rings. The third-order valence-corrected chi connectivity index (χ3v) is 13.5. The van der Waals surface area contributed by atoms with Crippen LogP contribution in [0, 0.1) is 5.41 Å². The van der Waals surface area contributed by atoms with E-state index in [0.29, 0.717) is 42.5 Å². The second kappa shape index (κ2) is 22.2. The largest absolute Gasteiger partial charge is 0.444 e. The van der Waals surface area contributed by atoms with Crippen molar-refractivity contribution in [2.24, 2.45) is 5.41 Å². The van der Waals surface area contributed by atoms with Crippen LogP contribution >= 0.6 is 0 Å². The average Bonchev–Trinajstić information content (AvgIpc) is 3.89. The molecule has 0 bridgehead atoms. The predicted octanol–water partition coefficient (Wildman–Crippen LogP) is 7.21. The highest BCUT2D eigenvalue weighted by atomic mass is 16.6. The lowest BCUT2D eigenvalue weighted by molar-refractivity contribution is -0.159. The number of likely N-dealkylation sites (tertiary alicyclic amines) is 1. The van der Waals surface area contributed by atoms with Crippen molar-refractivity contribution in [1.82, 2.24) is 41.2 Å². The number of carbonyl (C=O) groups is 7. The first kappa shape index (κ1) is 56.3. The minimum atomic E-state index is -1.56. The molecule has 4 atom stereocenters. The van der Waals surface area contributed by atoms with Crippen molar-refractivity contribution >= 4 is 58.1 Å². The third kappa shape index (κ3) is 13.8. The summed E-state index contributed by atoms with van der Waals surface area (Å²) in [6, 6.07) is 22.3. The summed E-state index contributed by atoms with van der Waals surface area (Å²) in [6.45, 7) is 16.7. The summed E-state index contributed by atoms with van der Waals surface area (Å²) in [6.07, 6.45) is 3.38. The van der Waals surface area contributed by atoms with E-state index in [1.54, 1.807) is 83.7 Å². The lowest BCUT2D eigenvalue weighted by Gasteiger charge is -2.45. The van der Waals surface area contributed by atoms with Crippen LogP contribution in [-0.2, 0) is 46.3 Å². The van der Waals surface area contributed by atoms with Crippen molar-refractivity contribution in [3.05, 3.63) is 113 Å². The molecule has 1 fully saturated rings. The molecule has 0 radical (unpaired) electrons. The molecule has 0 spiro atoms. The quantitative estimate of drug-likeness (QED) is 0.0671. The van der Waals surface area contributed by atoms with E-state index < -0.39 is 75.6 Å². The van der Waals surface area contributed by atoms with Crippen LogP contribution in [-0.4, -0.2) is 130 Å². The molecule has 1 unspecified atom stereocenters. The van der Waals surface area contributed by atoms with Crippen molar-refractivity contribution in [2.45, 2.75) is 142 Å². The number of aromatic nitrogens is 1. The first-order chi connectivity index (χ1) is 34.5. The zero-order valence-electron chi connectivity index (χ0n) is 45.4. The fraction of sp³-hybridized carbons (Fsp3) is 0.491. The number of nitrogens with zero attached hydrogens (tertiary/aromatic N) is 3. The van der Waals surface area contributed by atoms with E-state index in [4.69, 9.17) is 9.47 Å². The summed E-state index contributed by atoms with van der Waals surface area (Å²) >= 11 is 0. The molecule has 3 aromatic carbocycles. The van der Waals surface area contributed by atoms with Crippen molar-refractivity contribution in [1.29, 1.82) is 0 Å². The molecule has 6 rings (SSSR count). The number of rotatable bonds is 17. The maximum Gasteiger partial charge on any atom is 0.408 e. The smallest absolute Gasteiger partial charge is 0.408 e. The van der Waals surface area contributed by atoms with E-state index in [1.807, 2.05) is 85.1 Å². The molecule has 2 heterocycles. The molecule has 17 nitrogen and oxygen atoms in total. The number of nitrogens with one attached hydrogen (secondary N) is 5. The van der Waals surface area contributed by atoms with Crippen molar-refractivity contribution < 1.29 is 43.0 Å². The number of benzene rings is 3. The number of aromatic amines is 1. The fourth-order valence-corrected chi connectivity index (χ4v) is 9.59. The van der Waals surface area contributed by atoms with E-state index in [9.17, 15) is 24.0 Å². The Hall–Kier alpha value is -7.01. The molecule has 398 valence electrons. The summed E-state index contributed by atoms with van der Waals surface area (Å²) in [5.41, 5.74) is -1.29. The van der Waals surface area contributed by atoms with Gasteiger partial charge in [-0.15, -0.1) is 0 Å². The molecule has 1 aliphatic heterocycles. The Morgan fingerprint density at radius 3 is 1.86 bits per heavy atom. The van der Waals surface area contributed by atoms with Gasteiger partial charge in [-0.3, -0.25) is 29.0 Å². The van der Waals surface area contributed by atoms with E-state index in [-0.39, 0.29) is 31.1 Å². The highest BCUT2D eigenvalue weighted by molar-refractivity contribution is 6.02. The monoisotopic (exact) mass is 1020 g/mol. The molecule has 1 aromatic heterocycles. The zero-order valence-corrected chi connectivity index (χ0v) is 45.4. The number of fused-ring (bicyclic) bond motifs is 2. The van der Waals surface area contributed by atoms with Crippen molar-refractivity contribution in [2.75, 3.05) is 34.2 Å². The van der Waals surface area contributed by atoms with Gasteiger partial charge in [-0.25, -0.2) is 14.6 Å². The van der Waals surface area contributed by atoms with Gasteiger partial charge in [-0.05, 0) is 122 Å². The van der Waals surface area contributed by atoms with Crippen LogP contribution in [0.3, 0.4) is 0 Å². The van der Waals surface area contributed by atoms with Gasteiger partial charge in [0.25, 0.3) is 0 Å². The van der Waals surface area contributed by atoms with Crippen molar-refractivity contribution in [3.63, 3.8) is 0 Å². The second-order valence-corrected chi connectivity index (χ2v) is 23.0. The Bertz CT molecular complexity index is 2770. The molecular formula is C57H76N8O9. The highest BCUT2D eigenvalue weighted by Crippen LogP contribution is 2.41. The van der Waals surface area contributed by atoms with Gasteiger partial charge in [0.1, 0.15) is 28.3 Å². The van der Waals surface area contributed by atoms with Crippen LogP contribution in [0.2, 0.25) is 0 Å². The van der Waals surface area contributed by atoms with Crippen LogP contribution in [0.15, 0.2) is 91.1 Å². The lowest BCUT2D eigenvalue weighted by Crippen LogP contribution is -2.62. The first-order valence-corrected chi connectivity index (χ1v) is 25.3. The number of hydrogen-bond donors (Lipinski definition) is 5. The van der Waals surface area contributed by atoms with E-state index in [0.717, 1.165) is 22.0 Å². The summed E-state index contributed by atoms with van der Waals surface area (Å²) in [5.74, 6) is -3.14. The molecule has 6 amide bonds. The molecule has 5 N–H and O–H groups in total. The van der Waals surface area contributed by atoms with Gasteiger partial charge in [0.05, 0.1) is 17.4 Å². The van der Waals surface area contributed by atoms with Gasteiger partial charge in [0.2, 0.25) is 23.6 Å². The fourth-order valence-electron chi connectivity index (χ4n) is 9.59. The van der Waals surface area contributed by atoms with Crippen LogP contribution < -0.4 is 21.3 Å². The van der Waals surface area contributed by atoms with E-state index in [1.165, 1.54) is 27.7 Å². The number of H-pyrrole nitrogens is 1. The van der Waals surface area contributed by atoms with E-state index >= 15 is 9.59 Å². The average molecular weight is 1020 g/mol. The number of Topliss-reactive ketones (excluding diaryl/α,β-unsaturated/α-hetero) is 1. The Morgan fingerprint density at radius 1 is 0.716 bits per heavy atom. The second-order valence-electron chi connectivity index (χ2n) is 23.0. The number of hydrazine groups is 1. The minimum absolute atomic E-state index is 0.0642. The minimum Gasteiger partial charge on any atom is -0.444 e. The van der Waals surface area contributed by atoms with Gasteiger partial charge < -0.3 is 40.6 Å². The zero-order chi connectivity index (χ0) is 54.6. The standard InChI is InChI=1S/C57H76N8O9/c1-53(2,3)73-51(71)61-55(7,8)48(68)59-44(32-38-34-58-43-27-20-19-25-40(38)43)46(66)42-30-37(39-24-17-18-26-41(39)42)31-45(60-49(69)56(9,10)62-52(72)74-54(4,5)6)47(67)65-29-21-28-57(35-65,50(70)64(13)63(11)12)33-36-22-15-14-16-23-36/h14-20,22-27,30,34,42,44-45,58H,21,28-29,31-33,35H2,1-13H3,(H,59,68)(H,60,69)(H,61,71)(H,62,72)/t42?,44-,45-,57-/m1/s1. The normalized spacial score (nSPS) is 17.8. The molecule has 1 aliphatic carbocycles. The summed E-state index contributed by atoms with van der Waals surface area (Å²) in [4.78, 5) is 105. The number of para-hydroxylation sites is 1. The Labute approximate surface area is 435 Å². The number of carbonyl (C=O) groups excluding carboxylic acids is 7. The molecule has 2 aliphatic rings. The molecule has 17 heteroatoms. The van der Waals surface area contributed by atoms with Crippen LogP contribution in [0.1, 0.15) is 117 Å². The van der Waals surface area contributed by atoms with Gasteiger partial charge in [-0.2, -0.15) is 0 Å². The van der Waals surface area contributed by atoms with Crippen LogP contribution in [0.25, 0.3) is 16.5 Å². The molecule has 1 saturated heterocycles. The maximum atomic E-state index is 15.4. The number of piperidine rings is 1. The van der Waals surface area contributed by atoms with Crippen LogP contribution in [0.5, 0.6) is 0 Å². The number of ether oxygens (including phenoxy) is 2. The SMILES string of the molecule is CN(C)N(C)C(=O)[C@@]1(Cc2ccccc2)CCCN(C(=O)[C@@H](CC2=CC(C(=O)[C@@H](Cc3c[nH]c4ccccc34)NC(=O)C(C)(C)NC(=O)OC(C)(C)C)c3ccccc32)NC(=O)C(C)(C)NC(=O)OC(C)(C)C)C1. The Morgan fingerprint density at radius 2 is 1.27 bits per heavy atom. The van der Waals surface area contributed by atoms with Gasteiger partial charge in [-0.1, -0.05) is 78.9 Å². The topological polar surface area (TPSA) is 212 Å². The summed E-state index contributed by atoms with van der Waals surface area (Å²) < 4.78 is 11.0. The number of alkyl carbamates (subject to hydrolysis) is 2. The Kier molecular flexibility index (Phi) is 16.9. The van der Waals surface area contributed by atoms with Gasteiger partial charge in [0, 0.05) is 64.2 Å². The number of amides is 6. The molecule has 0 saturated carbocycles. The van der Waals surface area contributed by atoms with Crippen molar-refractivity contribution in [3.8, 4) is 0 Å². The number of hydrogen-bond acceptors (Lipinski definition) is 10. The third-order valence-electron chi connectivity index (χ3n) is 13.5. The lowest BCUT2D eigenvalue weighted by atomic mass is 9.74. The summed E-state index contributed by atoms with van der Waals surface area (Å²) in [5, 5.41) is 15.4. The summed E-state index contributed by atoms with van der Waals surface area (Å²) in [7, 11) is 5.28.